The molecule has 0 unspecified atom stereocenters. The van der Waals surface area contributed by atoms with Crippen molar-refractivity contribution < 1.29 is 9.53 Å². The molecule has 0 aromatic carbocycles. The molecule has 0 atom stereocenters. The Morgan fingerprint density at radius 1 is 1.00 bits per heavy atom. The van der Waals surface area contributed by atoms with Crippen molar-refractivity contribution in [1.82, 2.24) is 5.32 Å². The number of hydrogen-bond acceptors (Lipinski definition) is 3. The highest BCUT2D eigenvalue weighted by Gasteiger charge is 2.62. The summed E-state index contributed by atoms with van der Waals surface area (Å²) in [6.07, 6.45) is 11.5. The summed E-state index contributed by atoms with van der Waals surface area (Å²) in [6.45, 7) is 0. The molecule has 3 heteroatoms. The maximum Gasteiger partial charge on any atom is 0.326 e. The lowest BCUT2D eigenvalue weighted by molar-refractivity contribution is -0.169. The van der Waals surface area contributed by atoms with E-state index in [1.54, 1.807) is 7.11 Å². The zero-order valence-electron chi connectivity index (χ0n) is 12.6. The molecule has 5 aliphatic rings. The van der Waals surface area contributed by atoms with Gasteiger partial charge >= 0.3 is 5.97 Å². The first kappa shape index (κ1) is 13.1. The SMILES string of the molecule is COC(=O)C1(NC2CCCC2)C2CC3CC(C2)CC1C3. The molecular formula is C17H27NO2. The van der Waals surface area contributed by atoms with E-state index in [9.17, 15) is 4.79 Å². The van der Waals surface area contributed by atoms with Crippen molar-refractivity contribution in [2.45, 2.75) is 69.4 Å². The van der Waals surface area contributed by atoms with Crippen molar-refractivity contribution in [1.29, 1.82) is 0 Å². The van der Waals surface area contributed by atoms with Crippen molar-refractivity contribution in [2.24, 2.45) is 23.7 Å². The fourth-order valence-electron chi connectivity index (χ4n) is 6.13. The quantitative estimate of drug-likeness (QED) is 0.806. The van der Waals surface area contributed by atoms with Gasteiger partial charge in [-0.3, -0.25) is 10.1 Å². The second-order valence-electron chi connectivity index (χ2n) is 7.79. The molecule has 4 bridgehead atoms. The van der Waals surface area contributed by atoms with Crippen LogP contribution in [0.15, 0.2) is 0 Å². The molecular weight excluding hydrogens is 250 g/mol. The number of carbonyl (C=O) groups is 1. The summed E-state index contributed by atoms with van der Waals surface area (Å²) in [4.78, 5) is 12.7. The van der Waals surface area contributed by atoms with Crippen LogP contribution in [-0.4, -0.2) is 24.7 Å². The summed E-state index contributed by atoms with van der Waals surface area (Å²) in [5.41, 5.74) is -0.336. The first-order chi connectivity index (χ1) is 9.72. The van der Waals surface area contributed by atoms with Crippen molar-refractivity contribution >= 4 is 5.97 Å². The minimum atomic E-state index is -0.336. The molecule has 5 aliphatic carbocycles. The molecule has 5 fully saturated rings. The van der Waals surface area contributed by atoms with E-state index in [1.807, 2.05) is 0 Å². The monoisotopic (exact) mass is 277 g/mol. The zero-order valence-corrected chi connectivity index (χ0v) is 12.6. The van der Waals surface area contributed by atoms with E-state index in [4.69, 9.17) is 4.74 Å². The van der Waals surface area contributed by atoms with Gasteiger partial charge in [-0.15, -0.1) is 0 Å². The van der Waals surface area contributed by atoms with Crippen LogP contribution in [0.2, 0.25) is 0 Å². The van der Waals surface area contributed by atoms with Gasteiger partial charge in [0.1, 0.15) is 5.54 Å². The minimum absolute atomic E-state index is 0.0400. The number of hydrogen-bond donors (Lipinski definition) is 1. The smallest absolute Gasteiger partial charge is 0.326 e. The van der Waals surface area contributed by atoms with Gasteiger partial charge in [0, 0.05) is 6.04 Å². The molecule has 0 aliphatic heterocycles. The largest absolute Gasteiger partial charge is 0.468 e. The van der Waals surface area contributed by atoms with E-state index in [0.29, 0.717) is 17.9 Å². The molecule has 5 saturated carbocycles. The third-order valence-corrected chi connectivity index (χ3v) is 6.75. The fourth-order valence-corrected chi connectivity index (χ4v) is 6.13. The molecule has 5 rings (SSSR count). The van der Waals surface area contributed by atoms with E-state index >= 15 is 0 Å². The number of carbonyl (C=O) groups excluding carboxylic acids is 1. The molecule has 1 N–H and O–H groups in total. The van der Waals surface area contributed by atoms with Crippen LogP contribution in [0.5, 0.6) is 0 Å². The van der Waals surface area contributed by atoms with Crippen LogP contribution >= 0.6 is 0 Å². The van der Waals surface area contributed by atoms with Crippen LogP contribution in [-0.2, 0) is 9.53 Å². The summed E-state index contributed by atoms with van der Waals surface area (Å²) >= 11 is 0. The topological polar surface area (TPSA) is 38.3 Å². The Kier molecular flexibility index (Phi) is 3.10. The molecule has 0 heterocycles. The molecule has 0 spiro atoms. The molecule has 0 amide bonds. The van der Waals surface area contributed by atoms with Gasteiger partial charge in [-0.25, -0.2) is 0 Å². The van der Waals surface area contributed by atoms with E-state index in [1.165, 1.54) is 57.8 Å². The lowest BCUT2D eigenvalue weighted by atomic mass is 9.48. The summed E-state index contributed by atoms with van der Waals surface area (Å²) in [6, 6.07) is 0.548. The molecule has 0 radical (unpaired) electrons. The number of esters is 1. The molecule has 0 aromatic heterocycles. The third-order valence-electron chi connectivity index (χ3n) is 6.75. The Morgan fingerprint density at radius 2 is 1.55 bits per heavy atom. The van der Waals surface area contributed by atoms with Crippen LogP contribution in [0.25, 0.3) is 0 Å². The van der Waals surface area contributed by atoms with Crippen molar-refractivity contribution in [3.05, 3.63) is 0 Å². The van der Waals surface area contributed by atoms with Crippen molar-refractivity contribution in [3.8, 4) is 0 Å². The Morgan fingerprint density at radius 3 is 2.05 bits per heavy atom. The Labute approximate surface area is 121 Å². The Hall–Kier alpha value is -0.570. The van der Waals surface area contributed by atoms with Gasteiger partial charge < -0.3 is 4.74 Å². The lowest BCUT2D eigenvalue weighted by Gasteiger charge is -2.60. The number of nitrogens with one attached hydrogen (secondary N) is 1. The predicted octanol–water partition coefficient (Wildman–Crippen LogP) is 2.89. The summed E-state index contributed by atoms with van der Waals surface area (Å²) in [5, 5.41) is 3.85. The zero-order chi connectivity index (χ0) is 13.7. The predicted molar refractivity (Wildman–Crippen MR) is 77.2 cm³/mol. The van der Waals surface area contributed by atoms with Crippen LogP contribution in [0, 0.1) is 23.7 Å². The highest BCUT2D eigenvalue weighted by Crippen LogP contribution is 2.58. The maximum atomic E-state index is 12.7. The fraction of sp³-hybridized carbons (Fsp3) is 0.941. The summed E-state index contributed by atoms with van der Waals surface area (Å²) in [5.74, 6) is 2.89. The molecule has 0 saturated heterocycles. The average molecular weight is 277 g/mol. The van der Waals surface area contributed by atoms with Gasteiger partial charge in [0.05, 0.1) is 7.11 Å². The normalized spacial score (nSPS) is 46.9. The second kappa shape index (κ2) is 4.72. The van der Waals surface area contributed by atoms with Crippen molar-refractivity contribution in [3.63, 3.8) is 0 Å². The number of ether oxygens (including phenoxy) is 1. The summed E-state index contributed by atoms with van der Waals surface area (Å²) < 4.78 is 5.29. The van der Waals surface area contributed by atoms with Gasteiger partial charge in [0.15, 0.2) is 0 Å². The van der Waals surface area contributed by atoms with Crippen LogP contribution < -0.4 is 5.32 Å². The standard InChI is InChI=1S/C17H27NO2/c1-20-16(19)17(18-15-4-2-3-5-15)13-7-11-6-12(9-13)10-14(17)8-11/h11-15,18H,2-10H2,1H3. The van der Waals surface area contributed by atoms with Crippen LogP contribution in [0.4, 0.5) is 0 Å². The Bertz CT molecular complexity index is 372. The van der Waals surface area contributed by atoms with Crippen LogP contribution in [0.1, 0.15) is 57.8 Å². The van der Waals surface area contributed by atoms with E-state index < -0.39 is 0 Å². The first-order valence-corrected chi connectivity index (χ1v) is 8.58. The number of rotatable bonds is 3. The van der Waals surface area contributed by atoms with Gasteiger partial charge in [0.25, 0.3) is 0 Å². The van der Waals surface area contributed by atoms with Gasteiger partial charge in [-0.1, -0.05) is 12.8 Å². The third kappa shape index (κ3) is 1.78. The Balaban J connectivity index is 1.66. The highest BCUT2D eigenvalue weighted by molar-refractivity contribution is 5.82. The van der Waals surface area contributed by atoms with Gasteiger partial charge in [-0.05, 0) is 68.6 Å². The van der Waals surface area contributed by atoms with Crippen molar-refractivity contribution in [2.75, 3.05) is 7.11 Å². The van der Waals surface area contributed by atoms with E-state index in [-0.39, 0.29) is 11.5 Å². The molecule has 112 valence electrons. The summed E-state index contributed by atoms with van der Waals surface area (Å²) in [7, 11) is 1.57. The minimum Gasteiger partial charge on any atom is -0.468 e. The van der Waals surface area contributed by atoms with Gasteiger partial charge in [-0.2, -0.15) is 0 Å². The first-order valence-electron chi connectivity index (χ1n) is 8.58. The van der Waals surface area contributed by atoms with E-state index in [0.717, 1.165) is 11.8 Å². The lowest BCUT2D eigenvalue weighted by Crippen LogP contribution is -2.70. The molecule has 0 aromatic rings. The second-order valence-corrected chi connectivity index (χ2v) is 7.79. The average Bonchev–Trinajstić information content (AvgIpc) is 2.94. The molecule has 20 heavy (non-hydrogen) atoms. The molecule has 3 nitrogen and oxygen atoms in total. The van der Waals surface area contributed by atoms with Gasteiger partial charge in [0.2, 0.25) is 0 Å². The van der Waals surface area contributed by atoms with E-state index in [2.05, 4.69) is 5.32 Å². The van der Waals surface area contributed by atoms with Crippen LogP contribution in [0.3, 0.4) is 0 Å². The highest BCUT2D eigenvalue weighted by atomic mass is 16.5. The maximum absolute atomic E-state index is 12.7. The number of methoxy groups -OCH3 is 1.